The van der Waals surface area contributed by atoms with Crippen molar-refractivity contribution >= 4 is 33.3 Å². The van der Waals surface area contributed by atoms with Gasteiger partial charge in [0.1, 0.15) is 30.3 Å². The second kappa shape index (κ2) is 9.28. The maximum Gasteiger partial charge on any atom is 0.262 e. The summed E-state index contributed by atoms with van der Waals surface area (Å²) in [7, 11) is 0. The highest BCUT2D eigenvalue weighted by Gasteiger charge is 2.24. The minimum atomic E-state index is -0.526. The number of rotatable bonds is 8. The average Bonchev–Trinajstić information content (AvgIpc) is 3.29. The molecule has 2 heterocycles. The van der Waals surface area contributed by atoms with Crippen LogP contribution < -0.4 is 24.0 Å². The van der Waals surface area contributed by atoms with E-state index in [0.717, 1.165) is 39.1 Å². The summed E-state index contributed by atoms with van der Waals surface area (Å²) >= 11 is 1.57. The number of para-hydroxylation sites is 2. The van der Waals surface area contributed by atoms with E-state index in [2.05, 4.69) is 11.8 Å². The van der Waals surface area contributed by atoms with Crippen LogP contribution in [0, 0.1) is 0 Å². The summed E-state index contributed by atoms with van der Waals surface area (Å²) < 4.78 is 26.7. The number of halogens is 1. The largest absolute Gasteiger partial charge is 0.850 e. The van der Waals surface area contributed by atoms with Gasteiger partial charge in [0.2, 0.25) is 11.4 Å². The standard InChI is InChI=1S/C23H23FN2O3S/c1-2-25-18-6-3-4-7-20(18)29-22(25)8-5-9-23-26(13-14-27)19-11-10-17(28-15-12-24)16-21(19)30-23/h3-11,16H,2,12-15H2,1H3. The molecule has 0 radical (unpaired) electrons. The second-order valence-corrected chi connectivity index (χ2v) is 7.70. The summed E-state index contributed by atoms with van der Waals surface area (Å²) in [5.74, 6) is 2.25. The van der Waals surface area contributed by atoms with Crippen LogP contribution in [0.15, 0.2) is 60.5 Å². The number of benzene rings is 2. The van der Waals surface area contributed by atoms with Crippen LogP contribution >= 0.6 is 11.3 Å². The van der Waals surface area contributed by atoms with Crippen molar-refractivity contribution in [2.45, 2.75) is 13.5 Å². The Labute approximate surface area is 178 Å². The summed E-state index contributed by atoms with van der Waals surface area (Å²) in [6.45, 7) is 2.57. The number of hydrogen-bond acceptors (Lipinski definition) is 5. The maximum atomic E-state index is 12.4. The predicted molar refractivity (Wildman–Crippen MR) is 116 cm³/mol. The quantitative estimate of drug-likeness (QED) is 0.516. The number of hydrogen-bond donors (Lipinski definition) is 0. The van der Waals surface area contributed by atoms with Crippen LogP contribution in [0.2, 0.25) is 0 Å². The van der Waals surface area contributed by atoms with Gasteiger partial charge >= 0.3 is 0 Å². The molecule has 0 atom stereocenters. The Morgan fingerprint density at radius 1 is 1.27 bits per heavy atom. The number of alkyl halides is 1. The third-order valence-corrected chi connectivity index (χ3v) is 5.91. The van der Waals surface area contributed by atoms with Crippen molar-refractivity contribution in [1.29, 1.82) is 0 Å². The normalized spacial score (nSPS) is 14.6. The van der Waals surface area contributed by atoms with Crippen molar-refractivity contribution in [3.63, 3.8) is 0 Å². The van der Waals surface area contributed by atoms with Gasteiger partial charge in [-0.15, -0.1) is 0 Å². The Kier molecular flexibility index (Phi) is 6.30. The summed E-state index contributed by atoms with van der Waals surface area (Å²) in [4.78, 5) is 2.12. The number of nitrogens with zero attached hydrogens (tertiary/aromatic N) is 2. The number of allylic oxidation sites excluding steroid dienone is 2. The lowest BCUT2D eigenvalue weighted by atomic mass is 10.3. The van der Waals surface area contributed by atoms with E-state index in [1.807, 2.05) is 65.3 Å². The van der Waals surface area contributed by atoms with Gasteiger partial charge in [0.05, 0.1) is 5.69 Å². The van der Waals surface area contributed by atoms with Crippen molar-refractivity contribution in [1.82, 2.24) is 0 Å². The zero-order chi connectivity index (χ0) is 20.9. The molecule has 2 aromatic carbocycles. The van der Waals surface area contributed by atoms with Crippen LogP contribution in [-0.2, 0) is 6.54 Å². The molecule has 5 nitrogen and oxygen atoms in total. The van der Waals surface area contributed by atoms with Crippen molar-refractivity contribution in [2.24, 2.45) is 0 Å². The molecule has 4 rings (SSSR count). The van der Waals surface area contributed by atoms with Crippen LogP contribution in [0.25, 0.3) is 16.3 Å². The monoisotopic (exact) mass is 426 g/mol. The Bertz CT molecular complexity index is 1090. The SMILES string of the molecule is CCN1/C(=C/C=C/c2sc3cc(OCCF)ccc3[n+]2CC[O-])Oc2ccccc21. The maximum absolute atomic E-state index is 12.4. The van der Waals surface area contributed by atoms with Crippen molar-refractivity contribution in [2.75, 3.05) is 31.3 Å². The van der Waals surface area contributed by atoms with Gasteiger partial charge < -0.3 is 19.5 Å². The van der Waals surface area contributed by atoms with Crippen LogP contribution in [-0.4, -0.2) is 26.4 Å². The first-order valence-corrected chi connectivity index (χ1v) is 10.7. The molecule has 1 aromatic heterocycles. The van der Waals surface area contributed by atoms with E-state index in [1.165, 1.54) is 0 Å². The summed E-state index contributed by atoms with van der Waals surface area (Å²) in [5, 5.41) is 12.3. The number of aromatic nitrogens is 1. The molecule has 0 saturated heterocycles. The van der Waals surface area contributed by atoms with E-state index in [0.29, 0.717) is 12.3 Å². The summed E-state index contributed by atoms with van der Waals surface area (Å²) in [6, 6.07) is 13.6. The zero-order valence-electron chi connectivity index (χ0n) is 16.7. The van der Waals surface area contributed by atoms with Crippen molar-refractivity contribution in [3.05, 3.63) is 65.5 Å². The zero-order valence-corrected chi connectivity index (χ0v) is 17.5. The van der Waals surface area contributed by atoms with Crippen LogP contribution in [0.4, 0.5) is 10.1 Å². The lowest BCUT2D eigenvalue weighted by Gasteiger charge is -2.14. The van der Waals surface area contributed by atoms with Crippen molar-refractivity contribution in [3.8, 4) is 11.5 Å². The first-order chi connectivity index (χ1) is 14.7. The fourth-order valence-electron chi connectivity index (χ4n) is 3.49. The number of anilines is 1. The van der Waals surface area contributed by atoms with Crippen LogP contribution in [0.5, 0.6) is 11.5 Å². The highest BCUT2D eigenvalue weighted by atomic mass is 32.1. The minimum Gasteiger partial charge on any atom is -0.850 e. The molecule has 0 fully saturated rings. The number of fused-ring (bicyclic) bond motifs is 2. The highest BCUT2D eigenvalue weighted by Crippen LogP contribution is 2.38. The second-order valence-electron chi connectivity index (χ2n) is 6.64. The van der Waals surface area contributed by atoms with E-state index in [1.54, 1.807) is 11.3 Å². The van der Waals surface area contributed by atoms with Gasteiger partial charge in [-0.1, -0.05) is 30.1 Å². The molecule has 1 aliphatic rings. The van der Waals surface area contributed by atoms with Gasteiger partial charge in [0.15, 0.2) is 5.75 Å². The van der Waals surface area contributed by atoms with Gasteiger partial charge in [0, 0.05) is 24.8 Å². The number of ether oxygens (including phenoxy) is 2. The topological polar surface area (TPSA) is 48.6 Å². The molecule has 0 saturated carbocycles. The molecule has 0 aliphatic carbocycles. The molecule has 0 N–H and O–H groups in total. The van der Waals surface area contributed by atoms with Crippen LogP contribution in [0.1, 0.15) is 11.9 Å². The van der Waals surface area contributed by atoms with Gasteiger partial charge in [0.25, 0.3) is 5.01 Å². The van der Waals surface area contributed by atoms with Gasteiger partial charge in [-0.2, -0.15) is 4.57 Å². The first kappa shape index (κ1) is 20.4. The van der Waals surface area contributed by atoms with E-state index in [4.69, 9.17) is 9.47 Å². The molecule has 0 unspecified atom stereocenters. The molecule has 0 bridgehead atoms. The van der Waals surface area contributed by atoms with Crippen molar-refractivity contribution < 1.29 is 23.5 Å². The Balaban J connectivity index is 1.62. The third kappa shape index (κ3) is 4.04. The van der Waals surface area contributed by atoms with E-state index in [9.17, 15) is 9.50 Å². The smallest absolute Gasteiger partial charge is 0.262 e. The van der Waals surface area contributed by atoms with E-state index < -0.39 is 6.67 Å². The summed E-state index contributed by atoms with van der Waals surface area (Å²) in [6.07, 6.45) is 5.86. The number of thiazole rings is 1. The Morgan fingerprint density at radius 3 is 2.93 bits per heavy atom. The first-order valence-electron chi connectivity index (χ1n) is 9.91. The lowest BCUT2D eigenvalue weighted by Crippen LogP contribution is -2.39. The van der Waals surface area contributed by atoms with Gasteiger partial charge in [-0.05, 0) is 37.3 Å². The van der Waals surface area contributed by atoms with Gasteiger partial charge in [-0.3, -0.25) is 0 Å². The fraction of sp³-hybridized carbons (Fsp3) is 0.261. The van der Waals surface area contributed by atoms with Crippen LogP contribution in [0.3, 0.4) is 0 Å². The average molecular weight is 427 g/mol. The minimum absolute atomic E-state index is 0.0358. The molecule has 156 valence electrons. The summed E-state index contributed by atoms with van der Waals surface area (Å²) in [5.41, 5.74) is 2.03. The highest BCUT2D eigenvalue weighted by molar-refractivity contribution is 7.18. The fourth-order valence-corrected chi connectivity index (χ4v) is 4.62. The molecular formula is C23H23FN2O3S. The predicted octanol–water partition coefficient (Wildman–Crippen LogP) is 3.67. The van der Waals surface area contributed by atoms with E-state index in [-0.39, 0.29) is 13.2 Å². The van der Waals surface area contributed by atoms with Gasteiger partial charge in [-0.25, -0.2) is 4.39 Å². The molecule has 1 aliphatic heterocycles. The molecule has 30 heavy (non-hydrogen) atoms. The lowest BCUT2D eigenvalue weighted by molar-refractivity contribution is -0.685. The molecule has 0 spiro atoms. The molecule has 0 amide bonds. The Morgan fingerprint density at radius 2 is 2.13 bits per heavy atom. The molecule has 7 heteroatoms. The van der Waals surface area contributed by atoms with E-state index >= 15 is 0 Å². The molecular weight excluding hydrogens is 403 g/mol. The third-order valence-electron chi connectivity index (χ3n) is 4.79. The molecule has 3 aromatic rings. The Hall–Kier alpha value is -2.90.